The van der Waals surface area contributed by atoms with Crippen molar-refractivity contribution in [1.29, 1.82) is 0 Å². The van der Waals surface area contributed by atoms with Crippen LogP contribution in [0.4, 0.5) is 4.39 Å². The molecule has 0 aliphatic heterocycles. The van der Waals surface area contributed by atoms with Crippen LogP contribution in [0.5, 0.6) is 0 Å². The van der Waals surface area contributed by atoms with Crippen molar-refractivity contribution in [1.82, 2.24) is 5.32 Å². The number of aliphatic hydroxyl groups excluding tert-OH is 1. The molecule has 0 spiro atoms. The average molecular weight is 277 g/mol. The van der Waals surface area contributed by atoms with E-state index in [9.17, 15) is 9.18 Å². The molecule has 2 N–H and O–H groups in total. The van der Waals surface area contributed by atoms with Gasteiger partial charge in [-0.05, 0) is 17.5 Å². The van der Waals surface area contributed by atoms with Crippen LogP contribution in [-0.2, 0) is 4.74 Å². The number of aliphatic hydroxyl groups is 1. The van der Waals surface area contributed by atoms with Crippen molar-refractivity contribution in [2.45, 2.75) is 0 Å². The number of hydrogen-bond acceptors (Lipinski definition) is 3. The Labute approximate surface area is 116 Å². The SMILES string of the molecule is O=C(NCCOCCO)c1ccc(F)c2ccccc12. The lowest BCUT2D eigenvalue weighted by Gasteiger charge is -2.09. The summed E-state index contributed by atoms with van der Waals surface area (Å²) in [4.78, 5) is 12.1. The molecule has 0 aliphatic carbocycles. The maximum atomic E-state index is 13.6. The number of nitrogens with one attached hydrogen (secondary N) is 1. The molecule has 0 heterocycles. The minimum atomic E-state index is -0.344. The van der Waals surface area contributed by atoms with Crippen molar-refractivity contribution in [2.75, 3.05) is 26.4 Å². The van der Waals surface area contributed by atoms with Crippen LogP contribution in [-0.4, -0.2) is 37.4 Å². The van der Waals surface area contributed by atoms with Gasteiger partial charge in [0.15, 0.2) is 0 Å². The first-order valence-electron chi connectivity index (χ1n) is 6.38. The minimum absolute atomic E-state index is 0.0451. The molecule has 0 unspecified atom stereocenters. The lowest BCUT2D eigenvalue weighted by molar-refractivity contribution is 0.0839. The number of amides is 1. The molecule has 2 rings (SSSR count). The van der Waals surface area contributed by atoms with Gasteiger partial charge in [-0.1, -0.05) is 24.3 Å². The molecule has 1 amide bonds. The van der Waals surface area contributed by atoms with E-state index in [1.807, 2.05) is 0 Å². The highest BCUT2D eigenvalue weighted by Gasteiger charge is 2.11. The van der Waals surface area contributed by atoms with Crippen LogP contribution in [0.15, 0.2) is 36.4 Å². The zero-order valence-electron chi connectivity index (χ0n) is 10.9. The third-order valence-corrected chi connectivity index (χ3v) is 2.88. The van der Waals surface area contributed by atoms with Crippen molar-refractivity contribution in [2.24, 2.45) is 0 Å². The van der Waals surface area contributed by atoms with Gasteiger partial charge < -0.3 is 15.2 Å². The summed E-state index contributed by atoms with van der Waals surface area (Å²) in [5.41, 5.74) is 0.434. The smallest absolute Gasteiger partial charge is 0.251 e. The standard InChI is InChI=1S/C15H16FNO3/c16-14-6-5-13(11-3-1-2-4-12(11)14)15(19)17-7-9-20-10-8-18/h1-6,18H,7-10H2,(H,17,19). The largest absolute Gasteiger partial charge is 0.394 e. The number of carbonyl (C=O) groups is 1. The molecule has 0 saturated heterocycles. The predicted octanol–water partition coefficient (Wildman–Crippen LogP) is 1.72. The minimum Gasteiger partial charge on any atom is -0.394 e. The topological polar surface area (TPSA) is 58.6 Å². The highest BCUT2D eigenvalue weighted by molar-refractivity contribution is 6.07. The van der Waals surface area contributed by atoms with Crippen molar-refractivity contribution in [3.63, 3.8) is 0 Å². The average Bonchev–Trinajstić information content (AvgIpc) is 2.47. The van der Waals surface area contributed by atoms with E-state index in [0.717, 1.165) is 0 Å². The Morgan fingerprint density at radius 1 is 1.15 bits per heavy atom. The molecular formula is C15H16FNO3. The fraction of sp³-hybridized carbons (Fsp3) is 0.267. The maximum Gasteiger partial charge on any atom is 0.251 e. The number of ether oxygens (including phenoxy) is 1. The molecule has 0 aromatic heterocycles. The summed E-state index contributed by atoms with van der Waals surface area (Å²) < 4.78 is 18.7. The molecule has 0 aliphatic rings. The summed E-state index contributed by atoms with van der Waals surface area (Å²) in [7, 11) is 0. The third-order valence-electron chi connectivity index (χ3n) is 2.88. The van der Waals surface area contributed by atoms with Gasteiger partial charge in [0, 0.05) is 17.5 Å². The van der Waals surface area contributed by atoms with Gasteiger partial charge in [0.25, 0.3) is 5.91 Å². The molecule has 0 atom stereocenters. The number of benzene rings is 2. The molecule has 0 bridgehead atoms. The number of hydrogen-bond donors (Lipinski definition) is 2. The summed E-state index contributed by atoms with van der Waals surface area (Å²) in [6.07, 6.45) is 0. The van der Waals surface area contributed by atoms with Gasteiger partial charge >= 0.3 is 0 Å². The summed E-state index contributed by atoms with van der Waals surface area (Å²) in [5.74, 6) is -0.614. The Hall–Kier alpha value is -1.98. The van der Waals surface area contributed by atoms with E-state index >= 15 is 0 Å². The van der Waals surface area contributed by atoms with Gasteiger partial charge in [-0.15, -0.1) is 0 Å². The van der Waals surface area contributed by atoms with Crippen LogP contribution < -0.4 is 5.32 Å². The first kappa shape index (κ1) is 14.4. The fourth-order valence-corrected chi connectivity index (χ4v) is 1.96. The molecule has 2 aromatic rings. The van der Waals surface area contributed by atoms with Crippen molar-refractivity contribution < 1.29 is 19.0 Å². The first-order valence-corrected chi connectivity index (χ1v) is 6.38. The van der Waals surface area contributed by atoms with E-state index in [4.69, 9.17) is 9.84 Å². The van der Waals surface area contributed by atoms with Crippen molar-refractivity contribution in [3.05, 3.63) is 47.8 Å². The Balaban J connectivity index is 2.09. The molecule has 106 valence electrons. The van der Waals surface area contributed by atoms with Gasteiger partial charge in [0.1, 0.15) is 5.82 Å². The van der Waals surface area contributed by atoms with E-state index in [2.05, 4.69) is 5.32 Å². The highest BCUT2D eigenvalue weighted by atomic mass is 19.1. The summed E-state index contributed by atoms with van der Waals surface area (Å²) >= 11 is 0. The van der Waals surface area contributed by atoms with Gasteiger partial charge in [-0.2, -0.15) is 0 Å². The van der Waals surface area contributed by atoms with Gasteiger partial charge in [-0.25, -0.2) is 4.39 Å². The second-order valence-electron chi connectivity index (χ2n) is 4.23. The van der Waals surface area contributed by atoms with E-state index < -0.39 is 0 Å². The van der Waals surface area contributed by atoms with Crippen LogP contribution in [0.25, 0.3) is 10.8 Å². The fourth-order valence-electron chi connectivity index (χ4n) is 1.96. The number of rotatable bonds is 6. The number of carbonyl (C=O) groups excluding carboxylic acids is 1. The van der Waals surface area contributed by atoms with E-state index in [1.54, 1.807) is 24.3 Å². The summed E-state index contributed by atoms with van der Waals surface area (Å²) in [6.45, 7) is 0.863. The second-order valence-corrected chi connectivity index (χ2v) is 4.23. The van der Waals surface area contributed by atoms with Crippen LogP contribution in [0.3, 0.4) is 0 Å². The Morgan fingerprint density at radius 3 is 2.65 bits per heavy atom. The van der Waals surface area contributed by atoms with Crippen LogP contribution >= 0.6 is 0 Å². The van der Waals surface area contributed by atoms with Gasteiger partial charge in [0.05, 0.1) is 19.8 Å². The maximum absolute atomic E-state index is 13.6. The second kappa shape index (κ2) is 6.98. The molecular weight excluding hydrogens is 261 g/mol. The van der Waals surface area contributed by atoms with E-state index in [0.29, 0.717) is 29.5 Å². The Bertz CT molecular complexity index is 601. The zero-order chi connectivity index (χ0) is 14.4. The quantitative estimate of drug-likeness (QED) is 0.790. The summed E-state index contributed by atoms with van der Waals surface area (Å²) in [5, 5.41) is 12.3. The molecule has 0 fully saturated rings. The highest BCUT2D eigenvalue weighted by Crippen LogP contribution is 2.21. The first-order chi connectivity index (χ1) is 9.74. The lowest BCUT2D eigenvalue weighted by Crippen LogP contribution is -2.27. The lowest BCUT2D eigenvalue weighted by atomic mass is 10.0. The van der Waals surface area contributed by atoms with Gasteiger partial charge in [0.2, 0.25) is 0 Å². The molecule has 2 aromatic carbocycles. The van der Waals surface area contributed by atoms with Crippen LogP contribution in [0.2, 0.25) is 0 Å². The molecule has 0 saturated carbocycles. The van der Waals surface area contributed by atoms with E-state index in [-0.39, 0.29) is 24.9 Å². The third kappa shape index (κ3) is 3.31. The normalized spacial score (nSPS) is 10.7. The van der Waals surface area contributed by atoms with Crippen molar-refractivity contribution in [3.8, 4) is 0 Å². The number of halogens is 1. The number of fused-ring (bicyclic) bond motifs is 1. The monoisotopic (exact) mass is 277 g/mol. The molecule has 5 heteroatoms. The van der Waals surface area contributed by atoms with Crippen molar-refractivity contribution >= 4 is 16.7 Å². The van der Waals surface area contributed by atoms with E-state index in [1.165, 1.54) is 12.1 Å². The molecule has 20 heavy (non-hydrogen) atoms. The Kier molecular flexibility index (Phi) is 5.03. The Morgan fingerprint density at radius 2 is 1.90 bits per heavy atom. The van der Waals surface area contributed by atoms with Crippen LogP contribution in [0.1, 0.15) is 10.4 Å². The molecule has 4 nitrogen and oxygen atoms in total. The van der Waals surface area contributed by atoms with Crippen LogP contribution in [0, 0.1) is 5.82 Å². The predicted molar refractivity (Wildman–Crippen MR) is 74.1 cm³/mol. The summed E-state index contributed by atoms with van der Waals surface area (Å²) in [6, 6.07) is 9.63. The zero-order valence-corrected chi connectivity index (χ0v) is 10.9. The van der Waals surface area contributed by atoms with Gasteiger partial charge in [-0.3, -0.25) is 4.79 Å². The molecule has 0 radical (unpaired) electrons.